The predicted octanol–water partition coefficient (Wildman–Crippen LogP) is 6.08. The monoisotopic (exact) mass is 500 g/mol. The van der Waals surface area contributed by atoms with Crippen LogP contribution in [0.15, 0.2) is 71.8 Å². The lowest BCUT2D eigenvalue weighted by molar-refractivity contribution is 0.284. The van der Waals surface area contributed by atoms with Crippen molar-refractivity contribution in [1.29, 1.82) is 0 Å². The zero-order chi connectivity index (χ0) is 24.9. The van der Waals surface area contributed by atoms with Crippen LogP contribution < -0.4 is 14.9 Å². The molecule has 2 heterocycles. The summed E-state index contributed by atoms with van der Waals surface area (Å²) in [6.07, 6.45) is 2.65. The van der Waals surface area contributed by atoms with Crippen LogP contribution in [0.1, 0.15) is 24.5 Å². The number of para-hydroxylation sites is 1. The van der Waals surface area contributed by atoms with Crippen LogP contribution in [0.5, 0.6) is 11.5 Å². The van der Waals surface area contributed by atoms with E-state index in [1.165, 1.54) is 0 Å². The number of hydrogen-bond donors (Lipinski definition) is 1. The fourth-order valence-corrected chi connectivity index (χ4v) is 4.21. The number of hydrazone groups is 1. The Hall–Kier alpha value is -4.17. The topological polar surface area (TPSA) is 86.5 Å². The molecular formula is C27H25ClN6O2. The molecule has 0 radical (unpaired) electrons. The minimum absolute atomic E-state index is 0.325. The first kappa shape index (κ1) is 23.6. The zero-order valence-electron chi connectivity index (χ0n) is 20.0. The Kier molecular flexibility index (Phi) is 6.95. The van der Waals surface area contributed by atoms with Gasteiger partial charge in [-0.1, -0.05) is 54.9 Å². The SMILES string of the molecule is CCCn1c2ccccc2c2nnc(N/N=C/c3ccc(OCc4ccccc4Cl)c(OC)c3)nc21. The molecule has 0 aliphatic carbocycles. The second-order valence-electron chi connectivity index (χ2n) is 8.14. The number of benzene rings is 3. The molecule has 5 rings (SSSR count). The molecule has 0 atom stereocenters. The van der Waals surface area contributed by atoms with Crippen LogP contribution >= 0.6 is 11.6 Å². The van der Waals surface area contributed by atoms with Gasteiger partial charge in [0.1, 0.15) is 12.1 Å². The minimum Gasteiger partial charge on any atom is -0.493 e. The second kappa shape index (κ2) is 10.6. The van der Waals surface area contributed by atoms with E-state index in [1.54, 1.807) is 13.3 Å². The molecule has 9 heteroatoms. The van der Waals surface area contributed by atoms with Crippen LogP contribution in [0.3, 0.4) is 0 Å². The molecule has 0 amide bonds. The van der Waals surface area contributed by atoms with Gasteiger partial charge in [-0.05, 0) is 42.3 Å². The molecule has 2 aromatic heterocycles. The molecule has 3 aromatic carbocycles. The van der Waals surface area contributed by atoms with Gasteiger partial charge >= 0.3 is 0 Å². The quantitative estimate of drug-likeness (QED) is 0.195. The predicted molar refractivity (Wildman–Crippen MR) is 143 cm³/mol. The summed E-state index contributed by atoms with van der Waals surface area (Å²) >= 11 is 6.22. The summed E-state index contributed by atoms with van der Waals surface area (Å²) in [7, 11) is 1.60. The van der Waals surface area contributed by atoms with Crippen molar-refractivity contribution in [3.63, 3.8) is 0 Å². The first-order chi connectivity index (χ1) is 17.7. The molecule has 1 N–H and O–H groups in total. The highest BCUT2D eigenvalue weighted by molar-refractivity contribution is 6.31. The lowest BCUT2D eigenvalue weighted by Crippen LogP contribution is -2.03. The number of halogens is 1. The third kappa shape index (κ3) is 4.81. The van der Waals surface area contributed by atoms with Gasteiger partial charge in [0.2, 0.25) is 0 Å². The van der Waals surface area contributed by atoms with Gasteiger partial charge in [-0.2, -0.15) is 10.1 Å². The average molecular weight is 501 g/mol. The number of methoxy groups -OCH3 is 1. The summed E-state index contributed by atoms with van der Waals surface area (Å²) in [5, 5.41) is 14.6. The second-order valence-corrected chi connectivity index (χ2v) is 8.54. The van der Waals surface area contributed by atoms with Crippen molar-refractivity contribution in [3.05, 3.63) is 82.9 Å². The summed E-state index contributed by atoms with van der Waals surface area (Å²) in [6.45, 7) is 3.32. The van der Waals surface area contributed by atoms with Crippen LogP contribution in [-0.2, 0) is 13.2 Å². The molecule has 0 spiro atoms. The Balaban J connectivity index is 1.32. The van der Waals surface area contributed by atoms with Gasteiger partial charge in [0.15, 0.2) is 17.1 Å². The largest absolute Gasteiger partial charge is 0.493 e. The van der Waals surface area contributed by atoms with E-state index in [0.29, 0.717) is 29.1 Å². The Morgan fingerprint density at radius 3 is 2.69 bits per heavy atom. The number of nitrogens with zero attached hydrogens (tertiary/aromatic N) is 5. The van der Waals surface area contributed by atoms with Crippen molar-refractivity contribution in [1.82, 2.24) is 19.7 Å². The van der Waals surface area contributed by atoms with E-state index < -0.39 is 0 Å². The van der Waals surface area contributed by atoms with Crippen molar-refractivity contribution in [2.75, 3.05) is 12.5 Å². The first-order valence-corrected chi connectivity index (χ1v) is 12.0. The van der Waals surface area contributed by atoms with Crippen molar-refractivity contribution in [2.45, 2.75) is 26.5 Å². The summed E-state index contributed by atoms with van der Waals surface area (Å²) in [6, 6.07) is 21.3. The molecule has 0 unspecified atom stereocenters. The molecule has 0 aliphatic heterocycles. The molecule has 8 nitrogen and oxygen atoms in total. The van der Waals surface area contributed by atoms with E-state index in [1.807, 2.05) is 60.7 Å². The first-order valence-electron chi connectivity index (χ1n) is 11.6. The van der Waals surface area contributed by atoms with Crippen LogP contribution in [0.4, 0.5) is 5.95 Å². The van der Waals surface area contributed by atoms with Crippen molar-refractivity contribution in [3.8, 4) is 11.5 Å². The van der Waals surface area contributed by atoms with Gasteiger partial charge < -0.3 is 14.0 Å². The van der Waals surface area contributed by atoms with E-state index in [-0.39, 0.29) is 0 Å². The van der Waals surface area contributed by atoms with Gasteiger partial charge in [0.05, 0.1) is 18.8 Å². The number of fused-ring (bicyclic) bond motifs is 3. The molecule has 0 saturated carbocycles. The van der Waals surface area contributed by atoms with Gasteiger partial charge in [0.25, 0.3) is 5.95 Å². The minimum atomic E-state index is 0.325. The van der Waals surface area contributed by atoms with Gasteiger partial charge in [0, 0.05) is 22.5 Å². The molecule has 0 bridgehead atoms. The molecule has 36 heavy (non-hydrogen) atoms. The van der Waals surface area contributed by atoms with Gasteiger partial charge in [-0.15, -0.1) is 10.2 Å². The van der Waals surface area contributed by atoms with E-state index in [0.717, 1.165) is 46.2 Å². The van der Waals surface area contributed by atoms with Gasteiger partial charge in [-0.25, -0.2) is 5.43 Å². The summed E-state index contributed by atoms with van der Waals surface area (Å²) in [5.41, 5.74) is 7.27. The number of anilines is 1. The number of nitrogens with one attached hydrogen (secondary N) is 1. The van der Waals surface area contributed by atoms with E-state index in [2.05, 4.69) is 43.3 Å². The molecular weight excluding hydrogens is 476 g/mol. The Morgan fingerprint density at radius 2 is 1.86 bits per heavy atom. The summed E-state index contributed by atoms with van der Waals surface area (Å²) in [5.74, 6) is 1.53. The highest BCUT2D eigenvalue weighted by Gasteiger charge is 2.14. The van der Waals surface area contributed by atoms with Crippen molar-refractivity contribution >= 4 is 45.8 Å². The molecule has 182 valence electrons. The standard InChI is InChI=1S/C27H25ClN6O2/c1-3-14-34-22-11-7-5-9-20(22)25-26(34)30-27(33-31-25)32-29-16-18-12-13-23(24(15-18)35-2)36-17-19-8-4-6-10-21(19)28/h4-13,15-16H,3,14,17H2,1-2H3,(H,30,32,33)/b29-16+. The Bertz CT molecular complexity index is 1550. The van der Waals surface area contributed by atoms with Crippen LogP contribution in [0, 0.1) is 0 Å². The smallest absolute Gasteiger partial charge is 0.265 e. The summed E-state index contributed by atoms with van der Waals surface area (Å²) in [4.78, 5) is 4.68. The Morgan fingerprint density at radius 1 is 1.03 bits per heavy atom. The van der Waals surface area contributed by atoms with Crippen molar-refractivity contribution < 1.29 is 9.47 Å². The average Bonchev–Trinajstić information content (AvgIpc) is 3.22. The number of aromatic nitrogens is 4. The van der Waals surface area contributed by atoms with Crippen LogP contribution in [0.25, 0.3) is 22.1 Å². The maximum Gasteiger partial charge on any atom is 0.265 e. The normalized spacial score (nSPS) is 11.4. The third-order valence-electron chi connectivity index (χ3n) is 5.73. The number of ether oxygens (including phenoxy) is 2. The third-order valence-corrected chi connectivity index (χ3v) is 6.10. The maximum absolute atomic E-state index is 6.22. The van der Waals surface area contributed by atoms with E-state index in [9.17, 15) is 0 Å². The lowest BCUT2D eigenvalue weighted by Gasteiger charge is -2.12. The Labute approximate surface area is 213 Å². The van der Waals surface area contributed by atoms with E-state index in [4.69, 9.17) is 21.1 Å². The highest BCUT2D eigenvalue weighted by atomic mass is 35.5. The fourth-order valence-electron chi connectivity index (χ4n) is 4.02. The number of hydrogen-bond acceptors (Lipinski definition) is 7. The molecule has 0 saturated heterocycles. The fraction of sp³-hybridized carbons (Fsp3) is 0.185. The van der Waals surface area contributed by atoms with Crippen LogP contribution in [-0.4, -0.2) is 33.1 Å². The highest BCUT2D eigenvalue weighted by Crippen LogP contribution is 2.29. The molecule has 0 fully saturated rings. The summed E-state index contributed by atoms with van der Waals surface area (Å²) < 4.78 is 13.6. The number of rotatable bonds is 9. The maximum atomic E-state index is 6.22. The van der Waals surface area contributed by atoms with Crippen molar-refractivity contribution in [2.24, 2.45) is 5.10 Å². The lowest BCUT2D eigenvalue weighted by atomic mass is 10.2. The zero-order valence-corrected chi connectivity index (χ0v) is 20.7. The van der Waals surface area contributed by atoms with Gasteiger partial charge in [-0.3, -0.25) is 0 Å². The number of aryl methyl sites for hydroxylation is 1. The van der Waals surface area contributed by atoms with E-state index >= 15 is 0 Å². The van der Waals surface area contributed by atoms with Crippen LogP contribution in [0.2, 0.25) is 5.02 Å². The molecule has 5 aromatic rings. The molecule has 0 aliphatic rings.